The van der Waals surface area contributed by atoms with E-state index in [1.807, 2.05) is 30.3 Å². The lowest BCUT2D eigenvalue weighted by Crippen LogP contribution is -2.13. The molecule has 0 aromatic heterocycles. The summed E-state index contributed by atoms with van der Waals surface area (Å²) in [5.41, 5.74) is 1.71. The van der Waals surface area contributed by atoms with Gasteiger partial charge in [-0.15, -0.1) is 0 Å². The normalized spacial score (nSPS) is 12.4. The zero-order valence-electron chi connectivity index (χ0n) is 10.8. The summed E-state index contributed by atoms with van der Waals surface area (Å²) in [5.74, 6) is -0.249. The van der Waals surface area contributed by atoms with Crippen LogP contribution in [0.3, 0.4) is 0 Å². The third-order valence-corrected chi connectivity index (χ3v) is 3.96. The highest BCUT2D eigenvalue weighted by Crippen LogP contribution is 2.21. The number of halogens is 3. The Bertz CT molecular complexity index is 571. The van der Waals surface area contributed by atoms with Crippen LogP contribution in [0.1, 0.15) is 11.1 Å². The van der Waals surface area contributed by atoms with Gasteiger partial charge in [-0.2, -0.15) is 0 Å². The molecule has 0 heterocycles. The van der Waals surface area contributed by atoms with Gasteiger partial charge in [-0.05, 0) is 54.2 Å². The fourth-order valence-electron chi connectivity index (χ4n) is 2.15. The first-order valence-corrected chi connectivity index (χ1v) is 7.55. The molecule has 0 radical (unpaired) electrons. The average molecular weight is 358 g/mol. The van der Waals surface area contributed by atoms with Crippen molar-refractivity contribution in [2.45, 2.75) is 12.8 Å². The molecule has 0 saturated heterocycles. The van der Waals surface area contributed by atoms with Crippen molar-refractivity contribution in [2.24, 2.45) is 5.92 Å². The second kappa shape index (κ2) is 7.21. The Hall–Kier alpha value is -0.900. The largest absolute Gasteiger partial charge is 0.396 e. The van der Waals surface area contributed by atoms with E-state index < -0.39 is 0 Å². The lowest BCUT2D eigenvalue weighted by molar-refractivity contribution is 0.224. The molecular formula is C16H15BrClFO. The number of hydrogen-bond acceptors (Lipinski definition) is 1. The van der Waals surface area contributed by atoms with Gasteiger partial charge in [-0.3, -0.25) is 0 Å². The minimum absolute atomic E-state index is 0.00755. The van der Waals surface area contributed by atoms with Crippen molar-refractivity contribution in [1.29, 1.82) is 0 Å². The molecule has 0 aliphatic carbocycles. The van der Waals surface area contributed by atoms with Crippen LogP contribution < -0.4 is 0 Å². The molecule has 4 heteroatoms. The van der Waals surface area contributed by atoms with E-state index in [4.69, 9.17) is 11.6 Å². The maximum Gasteiger partial charge on any atom is 0.127 e. The summed E-state index contributed by atoms with van der Waals surface area (Å²) in [7, 11) is 0. The van der Waals surface area contributed by atoms with Gasteiger partial charge in [0.25, 0.3) is 0 Å². The Labute approximate surface area is 131 Å². The highest BCUT2D eigenvalue weighted by atomic mass is 79.9. The Morgan fingerprint density at radius 1 is 1.10 bits per heavy atom. The number of benzene rings is 2. The topological polar surface area (TPSA) is 20.2 Å². The first-order chi connectivity index (χ1) is 9.58. The molecule has 0 spiro atoms. The predicted octanol–water partition coefficient (Wildman–Crippen LogP) is 4.64. The van der Waals surface area contributed by atoms with Crippen LogP contribution in [0.2, 0.25) is 5.02 Å². The summed E-state index contributed by atoms with van der Waals surface area (Å²) < 4.78 is 14.5. The van der Waals surface area contributed by atoms with Crippen molar-refractivity contribution >= 4 is 27.5 Å². The molecule has 2 aromatic carbocycles. The first-order valence-electron chi connectivity index (χ1n) is 6.37. The molecule has 0 aliphatic heterocycles. The molecule has 0 fully saturated rings. The van der Waals surface area contributed by atoms with Crippen LogP contribution in [0.15, 0.2) is 46.9 Å². The molecule has 106 valence electrons. The van der Waals surface area contributed by atoms with Gasteiger partial charge in [-0.1, -0.05) is 45.7 Å². The van der Waals surface area contributed by atoms with Crippen molar-refractivity contribution < 1.29 is 9.50 Å². The molecule has 2 aromatic rings. The van der Waals surface area contributed by atoms with E-state index in [1.165, 1.54) is 6.07 Å². The Morgan fingerprint density at radius 2 is 1.80 bits per heavy atom. The molecule has 2 rings (SSSR count). The lowest BCUT2D eigenvalue weighted by Gasteiger charge is -2.15. The molecule has 1 N–H and O–H groups in total. The molecule has 0 bridgehead atoms. The zero-order chi connectivity index (χ0) is 14.5. The number of hydrogen-bond donors (Lipinski definition) is 1. The number of aliphatic hydroxyl groups excluding tert-OH is 1. The smallest absolute Gasteiger partial charge is 0.127 e. The third-order valence-electron chi connectivity index (χ3n) is 3.22. The molecular weight excluding hydrogens is 343 g/mol. The summed E-state index contributed by atoms with van der Waals surface area (Å²) in [6.07, 6.45) is 1.21. The standard InChI is InChI=1S/C16H15BrClFO/c17-14-4-3-13(16(19)9-14)8-12(10-20)7-11-1-5-15(18)6-2-11/h1-6,9,12,20H,7-8,10H2. The molecule has 0 amide bonds. The van der Waals surface area contributed by atoms with Gasteiger partial charge < -0.3 is 5.11 Å². The summed E-state index contributed by atoms with van der Waals surface area (Å²) in [6, 6.07) is 12.5. The second-order valence-electron chi connectivity index (χ2n) is 4.82. The van der Waals surface area contributed by atoms with Crippen LogP contribution in [0.25, 0.3) is 0 Å². The van der Waals surface area contributed by atoms with E-state index in [-0.39, 0.29) is 18.3 Å². The van der Waals surface area contributed by atoms with Crippen molar-refractivity contribution in [3.05, 3.63) is 68.9 Å². The van der Waals surface area contributed by atoms with Gasteiger partial charge in [0.2, 0.25) is 0 Å². The molecule has 20 heavy (non-hydrogen) atoms. The summed E-state index contributed by atoms with van der Waals surface area (Å²) >= 11 is 9.08. The molecule has 0 saturated carbocycles. The fraction of sp³-hybridized carbons (Fsp3) is 0.250. The molecule has 1 nitrogen and oxygen atoms in total. The van der Waals surface area contributed by atoms with Crippen molar-refractivity contribution in [2.75, 3.05) is 6.61 Å². The van der Waals surface area contributed by atoms with Gasteiger partial charge in [-0.25, -0.2) is 4.39 Å². The average Bonchev–Trinajstić information content (AvgIpc) is 2.43. The minimum Gasteiger partial charge on any atom is -0.396 e. The van der Waals surface area contributed by atoms with Crippen LogP contribution in [-0.4, -0.2) is 11.7 Å². The van der Waals surface area contributed by atoms with Crippen molar-refractivity contribution in [3.63, 3.8) is 0 Å². The van der Waals surface area contributed by atoms with E-state index >= 15 is 0 Å². The summed E-state index contributed by atoms with van der Waals surface area (Å²) in [5, 5.41) is 10.2. The quantitative estimate of drug-likeness (QED) is 0.827. The predicted molar refractivity (Wildman–Crippen MR) is 83.5 cm³/mol. The molecule has 1 atom stereocenters. The van der Waals surface area contributed by atoms with E-state index in [9.17, 15) is 9.50 Å². The van der Waals surface area contributed by atoms with E-state index in [1.54, 1.807) is 6.07 Å². The first kappa shape index (κ1) is 15.5. The monoisotopic (exact) mass is 356 g/mol. The van der Waals surface area contributed by atoms with Gasteiger partial charge in [0, 0.05) is 16.1 Å². The van der Waals surface area contributed by atoms with Crippen LogP contribution in [-0.2, 0) is 12.8 Å². The van der Waals surface area contributed by atoms with E-state index in [0.29, 0.717) is 23.4 Å². The van der Waals surface area contributed by atoms with Gasteiger partial charge in [0.05, 0.1) is 0 Å². The molecule has 0 aliphatic rings. The Balaban J connectivity index is 2.07. The zero-order valence-corrected chi connectivity index (χ0v) is 13.2. The SMILES string of the molecule is OCC(Cc1ccc(Cl)cc1)Cc1ccc(Br)cc1F. The summed E-state index contributed by atoms with van der Waals surface area (Å²) in [4.78, 5) is 0. The van der Waals surface area contributed by atoms with Crippen molar-refractivity contribution in [1.82, 2.24) is 0 Å². The van der Waals surface area contributed by atoms with Crippen LogP contribution in [0.5, 0.6) is 0 Å². The van der Waals surface area contributed by atoms with Crippen LogP contribution >= 0.6 is 27.5 Å². The van der Waals surface area contributed by atoms with Gasteiger partial charge in [0.1, 0.15) is 5.82 Å². The number of aliphatic hydroxyl groups is 1. The maximum absolute atomic E-state index is 13.8. The lowest BCUT2D eigenvalue weighted by atomic mass is 9.93. The third kappa shape index (κ3) is 4.30. The van der Waals surface area contributed by atoms with E-state index in [2.05, 4.69) is 15.9 Å². The fourth-order valence-corrected chi connectivity index (χ4v) is 2.61. The second-order valence-corrected chi connectivity index (χ2v) is 6.17. The van der Waals surface area contributed by atoms with Crippen LogP contribution in [0, 0.1) is 11.7 Å². The highest BCUT2D eigenvalue weighted by Gasteiger charge is 2.13. The number of rotatable bonds is 5. The summed E-state index contributed by atoms with van der Waals surface area (Å²) in [6.45, 7) is 0.0259. The molecule has 1 unspecified atom stereocenters. The maximum atomic E-state index is 13.8. The Morgan fingerprint density at radius 3 is 2.40 bits per heavy atom. The minimum atomic E-state index is -0.242. The van der Waals surface area contributed by atoms with Crippen molar-refractivity contribution in [3.8, 4) is 0 Å². The van der Waals surface area contributed by atoms with Gasteiger partial charge in [0.15, 0.2) is 0 Å². The Kier molecular flexibility index (Phi) is 5.58. The highest BCUT2D eigenvalue weighted by molar-refractivity contribution is 9.10. The van der Waals surface area contributed by atoms with E-state index in [0.717, 1.165) is 10.0 Å². The van der Waals surface area contributed by atoms with Gasteiger partial charge >= 0.3 is 0 Å². The van der Waals surface area contributed by atoms with Crippen LogP contribution in [0.4, 0.5) is 4.39 Å².